The summed E-state index contributed by atoms with van der Waals surface area (Å²) in [4.78, 5) is 11.9. The molecule has 0 aliphatic carbocycles. The minimum Gasteiger partial charge on any atom is -0.344 e. The number of nitrogens with zero attached hydrogens (tertiary/aromatic N) is 3. The number of rotatable bonds is 3. The number of nitrogens with one attached hydrogen (secondary N) is 1. The van der Waals surface area contributed by atoms with Crippen LogP contribution in [0.25, 0.3) is 11.0 Å². The second-order valence-electron chi connectivity index (χ2n) is 5.39. The van der Waals surface area contributed by atoms with Crippen LogP contribution in [0.4, 0.5) is 13.2 Å². The normalized spacial score (nSPS) is 11.0. The molecule has 0 bridgehead atoms. The van der Waals surface area contributed by atoms with E-state index >= 15 is 0 Å². The molecule has 26 heavy (non-hydrogen) atoms. The van der Waals surface area contributed by atoms with Crippen LogP contribution in [-0.2, 0) is 17.5 Å². The van der Waals surface area contributed by atoms with Crippen LogP contribution >= 0.6 is 0 Å². The van der Waals surface area contributed by atoms with Gasteiger partial charge in [0.15, 0.2) is 0 Å². The summed E-state index contributed by atoms with van der Waals surface area (Å²) in [6.45, 7) is -0.00649. The molecule has 0 unspecified atom stereocenters. The summed E-state index contributed by atoms with van der Waals surface area (Å²) in [7, 11) is 0. The van der Waals surface area contributed by atoms with E-state index in [2.05, 4.69) is 27.5 Å². The molecule has 0 aliphatic heterocycles. The molecule has 0 saturated heterocycles. The van der Waals surface area contributed by atoms with E-state index in [0.29, 0.717) is 5.52 Å². The van der Waals surface area contributed by atoms with Gasteiger partial charge in [0.1, 0.15) is 12.1 Å². The van der Waals surface area contributed by atoms with E-state index in [1.165, 1.54) is 16.8 Å². The number of hydrogen-bond donors (Lipinski definition) is 1. The van der Waals surface area contributed by atoms with Crippen LogP contribution in [0.1, 0.15) is 11.1 Å². The molecular formula is C18H13F3N4O. The van der Waals surface area contributed by atoms with Gasteiger partial charge in [-0.3, -0.25) is 4.79 Å². The first-order valence-electron chi connectivity index (χ1n) is 7.64. The summed E-state index contributed by atoms with van der Waals surface area (Å²) in [6.07, 6.45) is -4.41. The van der Waals surface area contributed by atoms with Gasteiger partial charge >= 0.3 is 6.18 Å². The smallest absolute Gasteiger partial charge is 0.344 e. The largest absolute Gasteiger partial charge is 0.416 e. The number of fused-ring (bicyclic) bond motifs is 1. The highest BCUT2D eigenvalue weighted by molar-refractivity contribution is 5.79. The van der Waals surface area contributed by atoms with Gasteiger partial charge < -0.3 is 5.32 Å². The van der Waals surface area contributed by atoms with E-state index in [4.69, 9.17) is 0 Å². The van der Waals surface area contributed by atoms with Crippen LogP contribution in [0.15, 0.2) is 48.5 Å². The van der Waals surface area contributed by atoms with Crippen molar-refractivity contribution in [1.82, 2.24) is 20.3 Å². The van der Waals surface area contributed by atoms with Crippen molar-refractivity contribution < 1.29 is 18.0 Å². The van der Waals surface area contributed by atoms with Crippen molar-refractivity contribution >= 4 is 16.9 Å². The van der Waals surface area contributed by atoms with Gasteiger partial charge in [0.2, 0.25) is 5.91 Å². The van der Waals surface area contributed by atoms with Crippen molar-refractivity contribution in [2.24, 2.45) is 0 Å². The van der Waals surface area contributed by atoms with Gasteiger partial charge in [0, 0.05) is 5.56 Å². The van der Waals surface area contributed by atoms with Crippen LogP contribution in [0.5, 0.6) is 0 Å². The van der Waals surface area contributed by atoms with Gasteiger partial charge in [-0.25, -0.2) is 4.68 Å². The number of para-hydroxylation sites is 1. The van der Waals surface area contributed by atoms with Crippen LogP contribution < -0.4 is 5.32 Å². The van der Waals surface area contributed by atoms with E-state index in [1.807, 2.05) is 12.1 Å². The number of benzene rings is 2. The summed E-state index contributed by atoms with van der Waals surface area (Å²) < 4.78 is 39.4. The highest BCUT2D eigenvalue weighted by Crippen LogP contribution is 2.29. The fourth-order valence-electron chi connectivity index (χ4n) is 2.29. The first-order valence-corrected chi connectivity index (χ1v) is 7.64. The zero-order chi connectivity index (χ0) is 18.6. The first kappa shape index (κ1) is 17.5. The average Bonchev–Trinajstić information content (AvgIpc) is 3.01. The minimum atomic E-state index is -4.41. The molecule has 1 heterocycles. The molecule has 2 aromatic carbocycles. The second kappa shape index (κ2) is 7.27. The van der Waals surface area contributed by atoms with Gasteiger partial charge in [0.25, 0.3) is 0 Å². The average molecular weight is 358 g/mol. The summed E-state index contributed by atoms with van der Waals surface area (Å²) in [6, 6.07) is 12.0. The zero-order valence-electron chi connectivity index (χ0n) is 13.4. The van der Waals surface area contributed by atoms with Crippen molar-refractivity contribution in [3.05, 3.63) is 59.7 Å². The predicted molar refractivity (Wildman–Crippen MR) is 88.9 cm³/mol. The first-order chi connectivity index (χ1) is 12.4. The van der Waals surface area contributed by atoms with Gasteiger partial charge in [-0.15, -0.1) is 5.10 Å². The number of carbonyl (C=O) groups is 1. The molecular weight excluding hydrogens is 345 g/mol. The molecule has 1 amide bonds. The van der Waals surface area contributed by atoms with Crippen molar-refractivity contribution in [3.8, 4) is 11.8 Å². The lowest BCUT2D eigenvalue weighted by Crippen LogP contribution is -2.28. The third-order valence-corrected chi connectivity index (χ3v) is 3.51. The Morgan fingerprint density at radius 2 is 1.96 bits per heavy atom. The van der Waals surface area contributed by atoms with E-state index < -0.39 is 11.7 Å². The SMILES string of the molecule is O=C(Cn1nnc2ccccc21)NCC#Cc1cccc(C(F)(F)F)c1. The van der Waals surface area contributed by atoms with Gasteiger partial charge in [0.05, 0.1) is 17.6 Å². The molecule has 0 aliphatic rings. The Morgan fingerprint density at radius 3 is 2.77 bits per heavy atom. The van der Waals surface area contributed by atoms with Gasteiger partial charge in [-0.1, -0.05) is 35.3 Å². The number of halogens is 3. The fourth-order valence-corrected chi connectivity index (χ4v) is 2.29. The molecule has 0 spiro atoms. The predicted octanol–water partition coefficient (Wildman–Crippen LogP) is 2.62. The molecule has 3 rings (SSSR count). The summed E-state index contributed by atoms with van der Waals surface area (Å²) in [5.41, 5.74) is 0.894. The van der Waals surface area contributed by atoms with Crippen LogP contribution in [0.3, 0.4) is 0 Å². The van der Waals surface area contributed by atoms with Crippen LogP contribution in [0.2, 0.25) is 0 Å². The molecule has 0 radical (unpaired) electrons. The molecule has 0 atom stereocenters. The Morgan fingerprint density at radius 1 is 1.15 bits per heavy atom. The topological polar surface area (TPSA) is 59.8 Å². The molecule has 8 heteroatoms. The third kappa shape index (κ3) is 4.19. The lowest BCUT2D eigenvalue weighted by molar-refractivity contribution is -0.137. The third-order valence-electron chi connectivity index (χ3n) is 3.51. The monoisotopic (exact) mass is 358 g/mol. The number of alkyl halides is 3. The van der Waals surface area contributed by atoms with E-state index in [-0.39, 0.29) is 24.6 Å². The van der Waals surface area contributed by atoms with Crippen molar-refractivity contribution in [2.75, 3.05) is 6.54 Å². The molecule has 5 nitrogen and oxygen atoms in total. The maximum absolute atomic E-state index is 12.6. The molecule has 1 N–H and O–H groups in total. The Kier molecular flexibility index (Phi) is 4.89. The van der Waals surface area contributed by atoms with Crippen molar-refractivity contribution in [1.29, 1.82) is 0 Å². The van der Waals surface area contributed by atoms with Crippen molar-refractivity contribution in [2.45, 2.75) is 12.7 Å². The van der Waals surface area contributed by atoms with Gasteiger partial charge in [-0.2, -0.15) is 13.2 Å². The highest BCUT2D eigenvalue weighted by atomic mass is 19.4. The number of carbonyl (C=O) groups excluding carboxylic acids is 1. The lowest BCUT2D eigenvalue weighted by atomic mass is 10.1. The van der Waals surface area contributed by atoms with E-state index in [9.17, 15) is 18.0 Å². The van der Waals surface area contributed by atoms with Crippen LogP contribution in [0, 0.1) is 11.8 Å². The number of amides is 1. The highest BCUT2D eigenvalue weighted by Gasteiger charge is 2.30. The summed E-state index contributed by atoms with van der Waals surface area (Å²) in [5, 5.41) is 10.4. The maximum atomic E-state index is 12.6. The van der Waals surface area contributed by atoms with Crippen molar-refractivity contribution in [3.63, 3.8) is 0 Å². The second-order valence-corrected chi connectivity index (χ2v) is 5.39. The Balaban J connectivity index is 1.57. The molecule has 3 aromatic rings. The standard InChI is InChI=1S/C18H13F3N4O/c19-18(20,21)14-7-3-5-13(11-14)6-4-10-22-17(26)12-25-16-9-2-1-8-15(16)23-24-25/h1-3,5,7-9,11H,10,12H2,(H,22,26). The zero-order valence-corrected chi connectivity index (χ0v) is 13.4. The Labute approximate surface area is 146 Å². The fraction of sp³-hybridized carbons (Fsp3) is 0.167. The molecule has 1 aromatic heterocycles. The molecule has 0 fully saturated rings. The lowest BCUT2D eigenvalue weighted by Gasteiger charge is -2.05. The quantitative estimate of drug-likeness (QED) is 0.733. The maximum Gasteiger partial charge on any atom is 0.416 e. The van der Waals surface area contributed by atoms with Gasteiger partial charge in [-0.05, 0) is 30.3 Å². The Bertz CT molecular complexity index is 999. The molecule has 132 valence electrons. The summed E-state index contributed by atoms with van der Waals surface area (Å²) in [5.74, 6) is 4.91. The Hall–Kier alpha value is -3.34. The summed E-state index contributed by atoms with van der Waals surface area (Å²) >= 11 is 0. The van der Waals surface area contributed by atoms with E-state index in [1.54, 1.807) is 12.1 Å². The van der Waals surface area contributed by atoms with Crippen LogP contribution in [-0.4, -0.2) is 27.4 Å². The van der Waals surface area contributed by atoms with E-state index in [0.717, 1.165) is 17.6 Å². The number of hydrogen-bond acceptors (Lipinski definition) is 3. The minimum absolute atomic E-state index is 0.0156. The number of aromatic nitrogens is 3. The molecule has 0 saturated carbocycles.